The van der Waals surface area contributed by atoms with Gasteiger partial charge < -0.3 is 5.32 Å². The fourth-order valence-electron chi connectivity index (χ4n) is 3.09. The summed E-state index contributed by atoms with van der Waals surface area (Å²) < 4.78 is 1.71. The number of benzene rings is 1. The summed E-state index contributed by atoms with van der Waals surface area (Å²) in [5.41, 5.74) is 2.17. The molecule has 158 valence electrons. The molecule has 0 saturated carbocycles. The van der Waals surface area contributed by atoms with Crippen LogP contribution in [0, 0.1) is 13.8 Å². The summed E-state index contributed by atoms with van der Waals surface area (Å²) in [6.45, 7) is 8.07. The fourth-order valence-corrected chi connectivity index (χ4v) is 5.08. The maximum absolute atomic E-state index is 13.1. The van der Waals surface area contributed by atoms with E-state index in [0.717, 1.165) is 28.1 Å². The van der Waals surface area contributed by atoms with Gasteiger partial charge in [0, 0.05) is 29.6 Å². The van der Waals surface area contributed by atoms with Crippen LogP contribution in [-0.2, 0) is 11.3 Å². The van der Waals surface area contributed by atoms with Gasteiger partial charge in [0.25, 0.3) is 5.56 Å². The number of Topliss-reactive ketones (excluding diaryl/α,β-unsaturated/α-hetero) is 1. The third-order valence-corrected chi connectivity index (χ3v) is 6.93. The maximum Gasteiger partial charge on any atom is 0.263 e. The molecule has 6 nitrogen and oxygen atoms in total. The van der Waals surface area contributed by atoms with Crippen LogP contribution < -0.4 is 10.9 Å². The molecule has 2 heterocycles. The first kappa shape index (κ1) is 22.2. The molecule has 3 aromatic rings. The summed E-state index contributed by atoms with van der Waals surface area (Å²) in [4.78, 5) is 43.5. The average Bonchev–Trinajstić information content (AvgIpc) is 2.99. The number of ketones is 1. The van der Waals surface area contributed by atoms with Crippen LogP contribution >= 0.6 is 23.1 Å². The van der Waals surface area contributed by atoms with Crippen molar-refractivity contribution in [2.45, 2.75) is 52.2 Å². The third-order valence-electron chi connectivity index (χ3n) is 4.85. The van der Waals surface area contributed by atoms with Gasteiger partial charge in [0.1, 0.15) is 4.83 Å². The van der Waals surface area contributed by atoms with Gasteiger partial charge in [-0.2, -0.15) is 0 Å². The van der Waals surface area contributed by atoms with Crippen LogP contribution in [0.15, 0.2) is 34.2 Å². The number of nitrogens with zero attached hydrogens (tertiary/aromatic N) is 2. The minimum atomic E-state index is -0.157. The number of aryl methyl sites for hydroxylation is 2. The van der Waals surface area contributed by atoms with E-state index in [1.807, 2.05) is 13.8 Å². The smallest absolute Gasteiger partial charge is 0.263 e. The molecule has 0 aliphatic heterocycles. The second-order valence-electron chi connectivity index (χ2n) is 7.14. The second kappa shape index (κ2) is 9.57. The van der Waals surface area contributed by atoms with E-state index >= 15 is 0 Å². The number of unbranched alkanes of at least 4 members (excludes halogenated alkanes) is 1. The van der Waals surface area contributed by atoms with Crippen LogP contribution in [0.4, 0.5) is 5.69 Å². The van der Waals surface area contributed by atoms with Crippen molar-refractivity contribution in [1.29, 1.82) is 0 Å². The minimum Gasteiger partial charge on any atom is -0.326 e. The van der Waals surface area contributed by atoms with E-state index in [1.54, 1.807) is 28.8 Å². The van der Waals surface area contributed by atoms with Crippen LogP contribution in [0.1, 0.15) is 47.5 Å². The first-order chi connectivity index (χ1) is 14.3. The van der Waals surface area contributed by atoms with Crippen molar-refractivity contribution in [3.05, 3.63) is 50.6 Å². The fraction of sp³-hybridized carbons (Fsp3) is 0.364. The number of carbonyl (C=O) groups is 2. The molecule has 0 fully saturated rings. The molecular formula is C22H25N3O3S2. The van der Waals surface area contributed by atoms with Gasteiger partial charge in [0.05, 0.1) is 11.1 Å². The van der Waals surface area contributed by atoms with E-state index in [-0.39, 0.29) is 23.0 Å². The second-order valence-corrected chi connectivity index (χ2v) is 9.28. The molecule has 8 heteroatoms. The van der Waals surface area contributed by atoms with Crippen LogP contribution in [0.3, 0.4) is 0 Å². The Hall–Kier alpha value is -2.45. The SMILES string of the molecule is CCCCn1c(SCC(=O)c2ccc(NC(C)=O)cc2)nc2sc(C)c(C)c2c1=O. The monoisotopic (exact) mass is 443 g/mol. The van der Waals surface area contributed by atoms with Crippen molar-refractivity contribution in [3.63, 3.8) is 0 Å². The normalized spacial score (nSPS) is 11.1. The zero-order chi connectivity index (χ0) is 21.8. The first-order valence-corrected chi connectivity index (χ1v) is 11.7. The molecule has 0 unspecified atom stereocenters. The molecule has 0 saturated heterocycles. The number of thioether (sulfide) groups is 1. The molecule has 0 aliphatic carbocycles. The molecule has 0 spiro atoms. The minimum absolute atomic E-state index is 0.0232. The lowest BCUT2D eigenvalue weighted by Gasteiger charge is -2.11. The topological polar surface area (TPSA) is 81.1 Å². The van der Waals surface area contributed by atoms with E-state index in [9.17, 15) is 14.4 Å². The number of nitrogens with one attached hydrogen (secondary N) is 1. The molecule has 1 aromatic carbocycles. The van der Waals surface area contributed by atoms with Crippen molar-refractivity contribution in [1.82, 2.24) is 9.55 Å². The molecular weight excluding hydrogens is 418 g/mol. The van der Waals surface area contributed by atoms with Gasteiger partial charge in [-0.15, -0.1) is 11.3 Å². The molecule has 1 amide bonds. The molecule has 3 rings (SSSR count). The largest absolute Gasteiger partial charge is 0.326 e. The Morgan fingerprint density at radius 1 is 1.20 bits per heavy atom. The summed E-state index contributed by atoms with van der Waals surface area (Å²) in [5.74, 6) is -0.0214. The maximum atomic E-state index is 13.1. The summed E-state index contributed by atoms with van der Waals surface area (Å²) in [5, 5.41) is 3.96. The predicted octanol–water partition coefficient (Wildman–Crippen LogP) is 4.81. The highest BCUT2D eigenvalue weighted by molar-refractivity contribution is 7.99. The van der Waals surface area contributed by atoms with Crippen LogP contribution in [0.5, 0.6) is 0 Å². The molecule has 30 heavy (non-hydrogen) atoms. The molecule has 0 atom stereocenters. The number of hydrogen-bond donors (Lipinski definition) is 1. The Labute approximate surface area is 183 Å². The van der Waals surface area contributed by atoms with E-state index < -0.39 is 0 Å². The molecule has 1 N–H and O–H groups in total. The van der Waals surface area contributed by atoms with Gasteiger partial charge >= 0.3 is 0 Å². The molecule has 0 aliphatic rings. The predicted molar refractivity (Wildman–Crippen MR) is 124 cm³/mol. The zero-order valence-electron chi connectivity index (χ0n) is 17.6. The van der Waals surface area contributed by atoms with Crippen LogP contribution in [0.25, 0.3) is 10.2 Å². The van der Waals surface area contributed by atoms with Gasteiger partial charge in [0.2, 0.25) is 5.91 Å². The van der Waals surface area contributed by atoms with E-state index in [2.05, 4.69) is 12.2 Å². The third kappa shape index (κ3) is 4.82. The Balaban J connectivity index is 1.84. The van der Waals surface area contributed by atoms with E-state index in [4.69, 9.17) is 4.98 Å². The number of anilines is 1. The van der Waals surface area contributed by atoms with Crippen molar-refractivity contribution in [2.75, 3.05) is 11.1 Å². The Bertz CT molecular complexity index is 1150. The number of carbonyl (C=O) groups excluding carboxylic acids is 2. The lowest BCUT2D eigenvalue weighted by Crippen LogP contribution is -2.23. The van der Waals surface area contributed by atoms with Gasteiger partial charge in [-0.3, -0.25) is 19.0 Å². The standard InChI is InChI=1S/C22H25N3O3S2/c1-5-6-11-25-21(28)19-13(2)14(3)30-20(19)24-22(25)29-12-18(27)16-7-9-17(10-8-16)23-15(4)26/h7-10H,5-6,11-12H2,1-4H3,(H,23,26). The zero-order valence-corrected chi connectivity index (χ0v) is 19.2. The highest BCUT2D eigenvalue weighted by Crippen LogP contribution is 2.28. The first-order valence-electron chi connectivity index (χ1n) is 9.86. The quantitative estimate of drug-likeness (QED) is 0.307. The van der Waals surface area contributed by atoms with Crippen molar-refractivity contribution in [3.8, 4) is 0 Å². The number of rotatable bonds is 8. The van der Waals surface area contributed by atoms with Crippen LogP contribution in [-0.4, -0.2) is 27.0 Å². The summed E-state index contributed by atoms with van der Waals surface area (Å²) in [6, 6.07) is 6.80. The van der Waals surface area contributed by atoms with Crippen molar-refractivity contribution >= 4 is 50.7 Å². The van der Waals surface area contributed by atoms with E-state index in [1.165, 1.54) is 30.0 Å². The molecule has 0 radical (unpaired) electrons. The van der Waals surface area contributed by atoms with Gasteiger partial charge in [-0.05, 0) is 50.1 Å². The highest BCUT2D eigenvalue weighted by atomic mass is 32.2. The number of thiophene rings is 1. The van der Waals surface area contributed by atoms with Crippen molar-refractivity contribution in [2.24, 2.45) is 0 Å². The van der Waals surface area contributed by atoms with E-state index in [0.29, 0.717) is 28.3 Å². The average molecular weight is 444 g/mol. The lowest BCUT2D eigenvalue weighted by atomic mass is 10.1. The summed E-state index contributed by atoms with van der Waals surface area (Å²) in [7, 11) is 0. The number of amides is 1. The van der Waals surface area contributed by atoms with Gasteiger partial charge in [0.15, 0.2) is 10.9 Å². The number of fused-ring (bicyclic) bond motifs is 1. The Morgan fingerprint density at radius 3 is 2.53 bits per heavy atom. The van der Waals surface area contributed by atoms with Crippen molar-refractivity contribution < 1.29 is 9.59 Å². The Morgan fingerprint density at radius 2 is 1.90 bits per heavy atom. The van der Waals surface area contributed by atoms with Gasteiger partial charge in [-0.1, -0.05) is 25.1 Å². The summed E-state index contributed by atoms with van der Waals surface area (Å²) >= 11 is 2.82. The lowest BCUT2D eigenvalue weighted by molar-refractivity contribution is -0.114. The summed E-state index contributed by atoms with van der Waals surface area (Å²) in [6.07, 6.45) is 1.84. The highest BCUT2D eigenvalue weighted by Gasteiger charge is 2.18. The number of aromatic nitrogens is 2. The molecule has 2 aromatic heterocycles. The number of hydrogen-bond acceptors (Lipinski definition) is 6. The van der Waals surface area contributed by atoms with Crippen LogP contribution in [0.2, 0.25) is 0 Å². The van der Waals surface area contributed by atoms with Gasteiger partial charge in [-0.25, -0.2) is 4.98 Å². The Kier molecular flexibility index (Phi) is 7.10. The molecule has 0 bridgehead atoms.